The largest absolute Gasteiger partial charge is 0.392 e. The molecule has 3 heterocycles. The summed E-state index contributed by atoms with van der Waals surface area (Å²) >= 11 is 0. The number of carbonyl (C=O) groups is 1. The van der Waals surface area contributed by atoms with Crippen LogP contribution in [0, 0.1) is 24.5 Å². The first-order valence-electron chi connectivity index (χ1n) is 13.0. The van der Waals surface area contributed by atoms with Crippen molar-refractivity contribution in [2.75, 3.05) is 44.6 Å². The van der Waals surface area contributed by atoms with E-state index in [1.165, 1.54) is 41.1 Å². The molecule has 3 aliphatic rings. The molecule has 1 atom stereocenters. The molecular weight excluding hydrogens is 460 g/mol. The van der Waals surface area contributed by atoms with Crippen LogP contribution in [0.25, 0.3) is 6.08 Å². The summed E-state index contributed by atoms with van der Waals surface area (Å²) in [4.78, 5) is 16.7. The van der Waals surface area contributed by atoms with E-state index in [-0.39, 0.29) is 17.2 Å². The average molecular weight is 496 g/mol. The van der Waals surface area contributed by atoms with E-state index in [4.69, 9.17) is 0 Å². The Bertz CT molecular complexity index is 1120. The molecular formula is C29H35F2N3O2. The predicted molar refractivity (Wildman–Crippen MR) is 138 cm³/mol. The standard InChI is InChI=1S/C29H35F2N3O2/c1-20-3-2-4-25-28(20)32-19-29(25)9-13-33(14-10-29)18-26(35)22-7-11-34(12-8-22)27(36)6-5-21-15-23(30)17-24(31)16-21/h2-6,15-17,22,26,32,35H,7-14,18-19H2,1H3. The number of hydrogen-bond donors (Lipinski definition) is 2. The molecule has 1 spiro atoms. The van der Waals surface area contributed by atoms with Crippen molar-refractivity contribution in [1.29, 1.82) is 0 Å². The molecule has 5 rings (SSSR count). The Labute approximate surface area is 211 Å². The summed E-state index contributed by atoms with van der Waals surface area (Å²) in [6.07, 6.45) is 6.10. The zero-order chi connectivity index (χ0) is 25.3. The number of amides is 1. The van der Waals surface area contributed by atoms with Gasteiger partial charge in [-0.15, -0.1) is 0 Å². The third-order valence-corrected chi connectivity index (χ3v) is 8.40. The highest BCUT2D eigenvalue weighted by atomic mass is 19.1. The number of nitrogens with one attached hydrogen (secondary N) is 1. The summed E-state index contributed by atoms with van der Waals surface area (Å²) in [7, 11) is 0. The Morgan fingerprint density at radius 3 is 2.53 bits per heavy atom. The van der Waals surface area contributed by atoms with Crippen molar-refractivity contribution in [3.05, 3.63) is 70.8 Å². The van der Waals surface area contributed by atoms with Gasteiger partial charge in [-0.3, -0.25) is 4.79 Å². The number of hydrogen-bond acceptors (Lipinski definition) is 4. The lowest BCUT2D eigenvalue weighted by atomic mass is 9.74. The summed E-state index contributed by atoms with van der Waals surface area (Å²) in [6, 6.07) is 9.79. The lowest BCUT2D eigenvalue weighted by molar-refractivity contribution is -0.128. The molecule has 2 N–H and O–H groups in total. The van der Waals surface area contributed by atoms with Gasteiger partial charge in [-0.05, 0) is 86.5 Å². The van der Waals surface area contributed by atoms with Crippen molar-refractivity contribution in [3.8, 4) is 0 Å². The SMILES string of the molecule is Cc1cccc2c1NCC21CCN(CC(O)C2CCN(C(=O)C=Cc3cc(F)cc(F)c3)CC2)CC1. The Kier molecular flexibility index (Phi) is 7.13. The molecule has 5 nitrogen and oxygen atoms in total. The van der Waals surface area contributed by atoms with Gasteiger partial charge in [0, 0.05) is 49.4 Å². The van der Waals surface area contributed by atoms with Gasteiger partial charge in [0.25, 0.3) is 0 Å². The summed E-state index contributed by atoms with van der Waals surface area (Å²) in [5.41, 5.74) is 4.60. The first-order valence-corrected chi connectivity index (χ1v) is 13.0. The number of aliphatic hydroxyl groups excluding tert-OH is 1. The fourth-order valence-corrected chi connectivity index (χ4v) is 6.17. The van der Waals surface area contributed by atoms with E-state index in [1.807, 2.05) is 0 Å². The minimum absolute atomic E-state index is 0.169. The number of anilines is 1. The molecule has 2 fully saturated rings. The van der Waals surface area contributed by atoms with Crippen molar-refractivity contribution >= 4 is 17.7 Å². The smallest absolute Gasteiger partial charge is 0.246 e. The molecule has 0 aliphatic carbocycles. The van der Waals surface area contributed by atoms with Crippen molar-refractivity contribution in [3.63, 3.8) is 0 Å². The van der Waals surface area contributed by atoms with Crippen LogP contribution in [-0.4, -0.2) is 66.2 Å². The van der Waals surface area contributed by atoms with Crippen LogP contribution in [0.5, 0.6) is 0 Å². The predicted octanol–water partition coefficient (Wildman–Crippen LogP) is 4.35. The lowest BCUT2D eigenvalue weighted by Crippen LogP contribution is -2.48. The van der Waals surface area contributed by atoms with E-state index in [9.17, 15) is 18.7 Å². The quantitative estimate of drug-likeness (QED) is 0.606. The van der Waals surface area contributed by atoms with Gasteiger partial charge in [0.05, 0.1) is 6.10 Å². The second kappa shape index (κ2) is 10.3. The van der Waals surface area contributed by atoms with Gasteiger partial charge in [0.2, 0.25) is 5.91 Å². The Hall–Kier alpha value is -2.77. The van der Waals surface area contributed by atoms with E-state index in [0.29, 0.717) is 25.2 Å². The van der Waals surface area contributed by atoms with Gasteiger partial charge in [0.15, 0.2) is 0 Å². The minimum Gasteiger partial charge on any atom is -0.392 e. The van der Waals surface area contributed by atoms with Crippen LogP contribution in [0.3, 0.4) is 0 Å². The summed E-state index contributed by atoms with van der Waals surface area (Å²) in [5, 5.41) is 14.6. The number of piperidine rings is 2. The number of likely N-dealkylation sites (tertiary alicyclic amines) is 2. The van der Waals surface area contributed by atoms with Crippen LogP contribution in [0.15, 0.2) is 42.5 Å². The normalized spacial score (nSPS) is 21.1. The number of carbonyl (C=O) groups excluding carboxylic acids is 1. The molecule has 2 aromatic carbocycles. The van der Waals surface area contributed by atoms with Crippen LogP contribution in [-0.2, 0) is 10.2 Å². The molecule has 1 unspecified atom stereocenters. The lowest BCUT2D eigenvalue weighted by Gasteiger charge is -2.41. The monoisotopic (exact) mass is 495 g/mol. The van der Waals surface area contributed by atoms with Crippen molar-refractivity contribution < 1.29 is 18.7 Å². The summed E-state index contributed by atoms with van der Waals surface area (Å²) in [6.45, 7) is 6.95. The second-order valence-electron chi connectivity index (χ2n) is 10.7. The fourth-order valence-electron chi connectivity index (χ4n) is 6.17. The number of aryl methyl sites for hydroxylation is 1. The van der Waals surface area contributed by atoms with E-state index >= 15 is 0 Å². The number of β-amino-alcohol motifs (C(OH)–C–C–N with tert-alkyl or cyclic N) is 1. The molecule has 2 aromatic rings. The van der Waals surface area contributed by atoms with Crippen LogP contribution >= 0.6 is 0 Å². The van der Waals surface area contributed by atoms with Crippen molar-refractivity contribution in [2.24, 2.45) is 5.92 Å². The first-order chi connectivity index (χ1) is 17.3. The van der Waals surface area contributed by atoms with Crippen LogP contribution in [0.4, 0.5) is 14.5 Å². The van der Waals surface area contributed by atoms with Crippen molar-refractivity contribution in [2.45, 2.75) is 44.1 Å². The van der Waals surface area contributed by atoms with E-state index in [2.05, 4.69) is 35.3 Å². The molecule has 192 valence electrons. The highest BCUT2D eigenvalue weighted by Gasteiger charge is 2.42. The maximum atomic E-state index is 13.3. The topological polar surface area (TPSA) is 55.8 Å². The molecule has 36 heavy (non-hydrogen) atoms. The molecule has 1 amide bonds. The first kappa shape index (κ1) is 24.9. The molecule has 0 bridgehead atoms. The van der Waals surface area contributed by atoms with E-state index in [1.54, 1.807) is 4.90 Å². The number of nitrogens with zero attached hydrogens (tertiary/aromatic N) is 2. The highest BCUT2D eigenvalue weighted by molar-refractivity contribution is 5.91. The molecule has 0 aromatic heterocycles. The van der Waals surface area contributed by atoms with Gasteiger partial charge in [0.1, 0.15) is 11.6 Å². The maximum absolute atomic E-state index is 13.3. The summed E-state index contributed by atoms with van der Waals surface area (Å²) in [5.74, 6) is -1.33. The van der Waals surface area contributed by atoms with Gasteiger partial charge in [-0.1, -0.05) is 18.2 Å². The Morgan fingerprint density at radius 2 is 1.83 bits per heavy atom. The zero-order valence-corrected chi connectivity index (χ0v) is 20.9. The fraction of sp³-hybridized carbons (Fsp3) is 0.483. The van der Waals surface area contributed by atoms with E-state index in [0.717, 1.165) is 51.4 Å². The van der Waals surface area contributed by atoms with Crippen LogP contribution in [0.2, 0.25) is 0 Å². The van der Waals surface area contributed by atoms with E-state index < -0.39 is 17.7 Å². The van der Waals surface area contributed by atoms with Gasteiger partial charge in [-0.25, -0.2) is 8.78 Å². The zero-order valence-electron chi connectivity index (χ0n) is 20.9. The van der Waals surface area contributed by atoms with Crippen molar-refractivity contribution in [1.82, 2.24) is 9.80 Å². The average Bonchev–Trinajstić information content (AvgIpc) is 3.23. The number of rotatable bonds is 5. The van der Waals surface area contributed by atoms with Gasteiger partial charge >= 0.3 is 0 Å². The molecule has 0 radical (unpaired) electrons. The summed E-state index contributed by atoms with van der Waals surface area (Å²) < 4.78 is 26.7. The minimum atomic E-state index is -0.666. The van der Waals surface area contributed by atoms with Crippen LogP contribution < -0.4 is 5.32 Å². The number of para-hydroxylation sites is 1. The molecule has 3 aliphatic heterocycles. The highest BCUT2D eigenvalue weighted by Crippen LogP contribution is 2.45. The Morgan fingerprint density at radius 1 is 1.14 bits per heavy atom. The Balaban J connectivity index is 1.09. The van der Waals surface area contributed by atoms with Crippen LogP contribution in [0.1, 0.15) is 42.4 Å². The second-order valence-corrected chi connectivity index (χ2v) is 10.7. The number of halogens is 2. The maximum Gasteiger partial charge on any atom is 0.246 e. The van der Waals surface area contributed by atoms with Gasteiger partial charge in [-0.2, -0.15) is 0 Å². The third kappa shape index (κ3) is 5.18. The number of benzene rings is 2. The number of fused-ring (bicyclic) bond motifs is 2. The molecule has 2 saturated heterocycles. The molecule has 7 heteroatoms. The van der Waals surface area contributed by atoms with Gasteiger partial charge < -0.3 is 20.2 Å². The third-order valence-electron chi connectivity index (χ3n) is 8.40. The number of aliphatic hydroxyl groups is 1. The molecule has 0 saturated carbocycles.